The highest BCUT2D eigenvalue weighted by molar-refractivity contribution is 5.68. The van der Waals surface area contributed by atoms with Gasteiger partial charge in [-0.05, 0) is 32.1 Å². The summed E-state index contributed by atoms with van der Waals surface area (Å²) in [6.45, 7) is 2.27. The fraction of sp³-hybridized carbons (Fsp3) is 0.947. The maximum absolute atomic E-state index is 11.0. The summed E-state index contributed by atoms with van der Waals surface area (Å²) in [7, 11) is 1.46. The summed E-state index contributed by atoms with van der Waals surface area (Å²) in [6.07, 6.45) is 17.9. The summed E-state index contributed by atoms with van der Waals surface area (Å²) in [6, 6.07) is 0. The average Bonchev–Trinajstić information content (AvgIpc) is 2.98. The van der Waals surface area contributed by atoms with Crippen LogP contribution in [0, 0.1) is 0 Å². The van der Waals surface area contributed by atoms with Gasteiger partial charge in [0, 0.05) is 6.42 Å². The third-order valence-corrected chi connectivity index (χ3v) is 4.71. The highest BCUT2D eigenvalue weighted by atomic mass is 16.5. The summed E-state index contributed by atoms with van der Waals surface area (Å²) in [5.41, 5.74) is 0. The van der Waals surface area contributed by atoms with Crippen molar-refractivity contribution >= 4 is 5.97 Å². The third-order valence-electron chi connectivity index (χ3n) is 4.71. The summed E-state index contributed by atoms with van der Waals surface area (Å²) < 4.78 is 10.8. The number of unbranched alkanes of at least 4 members (excludes halogenated alkanes) is 7. The van der Waals surface area contributed by atoms with Crippen molar-refractivity contribution in [1.29, 1.82) is 0 Å². The zero-order valence-corrected chi connectivity index (χ0v) is 14.8. The molecule has 0 spiro atoms. The van der Waals surface area contributed by atoms with Crippen LogP contribution in [-0.2, 0) is 14.3 Å². The molecule has 0 aromatic heterocycles. The van der Waals surface area contributed by atoms with Crippen LogP contribution in [0.1, 0.15) is 96.8 Å². The Balaban J connectivity index is 1.91. The van der Waals surface area contributed by atoms with E-state index in [1.807, 2.05) is 0 Å². The zero-order valence-electron chi connectivity index (χ0n) is 14.8. The van der Waals surface area contributed by atoms with Crippen LogP contribution in [-0.4, -0.2) is 25.3 Å². The van der Waals surface area contributed by atoms with E-state index in [0.717, 1.165) is 19.3 Å². The normalized spacial score (nSPS) is 21.2. The Hall–Kier alpha value is -0.570. The van der Waals surface area contributed by atoms with Gasteiger partial charge in [0.05, 0.1) is 19.3 Å². The minimum absolute atomic E-state index is 0.0934. The summed E-state index contributed by atoms with van der Waals surface area (Å²) in [5, 5.41) is 0. The van der Waals surface area contributed by atoms with Gasteiger partial charge in [0.2, 0.25) is 0 Å². The standard InChI is InChI=1S/C19H36O3/c1-3-4-5-6-7-8-9-12-17-15-16-18(22-17)13-10-11-14-19(20)21-2/h17-18H,3-16H2,1-2H3/t17-,18+/m1/s1. The smallest absolute Gasteiger partial charge is 0.305 e. The summed E-state index contributed by atoms with van der Waals surface area (Å²) in [5.74, 6) is -0.0934. The quantitative estimate of drug-likeness (QED) is 0.337. The number of methoxy groups -OCH3 is 1. The van der Waals surface area contributed by atoms with Crippen LogP contribution in [0.3, 0.4) is 0 Å². The molecule has 0 aromatic carbocycles. The molecule has 0 unspecified atom stereocenters. The molecule has 1 saturated heterocycles. The van der Waals surface area contributed by atoms with Gasteiger partial charge < -0.3 is 9.47 Å². The van der Waals surface area contributed by atoms with E-state index >= 15 is 0 Å². The lowest BCUT2D eigenvalue weighted by atomic mass is 10.0. The Morgan fingerprint density at radius 2 is 1.45 bits per heavy atom. The fourth-order valence-electron chi connectivity index (χ4n) is 3.28. The maximum atomic E-state index is 11.0. The first kappa shape index (κ1) is 19.5. The number of carbonyl (C=O) groups excluding carboxylic acids is 1. The van der Waals surface area contributed by atoms with Crippen LogP contribution >= 0.6 is 0 Å². The Labute approximate surface area is 137 Å². The lowest BCUT2D eigenvalue weighted by molar-refractivity contribution is -0.140. The minimum atomic E-state index is -0.0934. The van der Waals surface area contributed by atoms with Gasteiger partial charge in [-0.25, -0.2) is 0 Å². The van der Waals surface area contributed by atoms with Crippen LogP contribution in [0.25, 0.3) is 0 Å². The molecule has 0 bridgehead atoms. The predicted molar refractivity (Wildman–Crippen MR) is 91.0 cm³/mol. The van der Waals surface area contributed by atoms with Crippen molar-refractivity contribution in [2.24, 2.45) is 0 Å². The number of ether oxygens (including phenoxy) is 2. The topological polar surface area (TPSA) is 35.5 Å². The van der Waals surface area contributed by atoms with E-state index in [-0.39, 0.29) is 5.97 Å². The van der Waals surface area contributed by atoms with Crippen molar-refractivity contribution in [3.8, 4) is 0 Å². The lowest BCUT2D eigenvalue weighted by Gasteiger charge is -2.13. The molecule has 0 aliphatic carbocycles. The molecular weight excluding hydrogens is 276 g/mol. The van der Waals surface area contributed by atoms with Gasteiger partial charge in [0.15, 0.2) is 0 Å². The minimum Gasteiger partial charge on any atom is -0.469 e. The molecule has 2 atom stereocenters. The molecule has 1 aliphatic heterocycles. The molecule has 0 aromatic rings. The van der Waals surface area contributed by atoms with Crippen molar-refractivity contribution in [2.75, 3.05) is 7.11 Å². The number of hydrogen-bond donors (Lipinski definition) is 0. The largest absolute Gasteiger partial charge is 0.469 e. The fourth-order valence-corrected chi connectivity index (χ4v) is 3.28. The van der Waals surface area contributed by atoms with E-state index in [0.29, 0.717) is 18.6 Å². The van der Waals surface area contributed by atoms with Crippen molar-refractivity contribution in [3.05, 3.63) is 0 Å². The van der Waals surface area contributed by atoms with E-state index in [4.69, 9.17) is 4.74 Å². The monoisotopic (exact) mass is 312 g/mol. The Morgan fingerprint density at radius 3 is 2.05 bits per heavy atom. The number of carbonyl (C=O) groups is 1. The maximum Gasteiger partial charge on any atom is 0.305 e. The van der Waals surface area contributed by atoms with Gasteiger partial charge in [-0.15, -0.1) is 0 Å². The lowest BCUT2D eigenvalue weighted by Crippen LogP contribution is -2.11. The van der Waals surface area contributed by atoms with Gasteiger partial charge in [0.25, 0.3) is 0 Å². The number of rotatable bonds is 13. The zero-order chi connectivity index (χ0) is 16.0. The molecule has 0 radical (unpaired) electrons. The molecule has 0 amide bonds. The van der Waals surface area contributed by atoms with Crippen molar-refractivity contribution in [2.45, 2.75) is 109 Å². The summed E-state index contributed by atoms with van der Waals surface area (Å²) in [4.78, 5) is 11.0. The van der Waals surface area contributed by atoms with Gasteiger partial charge in [-0.1, -0.05) is 58.3 Å². The second-order valence-electron chi connectivity index (χ2n) is 6.69. The van der Waals surface area contributed by atoms with Crippen molar-refractivity contribution in [3.63, 3.8) is 0 Å². The molecule has 1 fully saturated rings. The number of hydrogen-bond acceptors (Lipinski definition) is 3. The highest BCUT2D eigenvalue weighted by Gasteiger charge is 2.24. The van der Waals surface area contributed by atoms with Gasteiger partial charge in [0.1, 0.15) is 0 Å². The van der Waals surface area contributed by atoms with E-state index in [9.17, 15) is 4.79 Å². The second kappa shape index (κ2) is 12.9. The van der Waals surface area contributed by atoms with Gasteiger partial charge >= 0.3 is 5.97 Å². The molecule has 22 heavy (non-hydrogen) atoms. The Morgan fingerprint density at radius 1 is 0.909 bits per heavy atom. The highest BCUT2D eigenvalue weighted by Crippen LogP contribution is 2.27. The molecule has 3 nitrogen and oxygen atoms in total. The van der Waals surface area contributed by atoms with E-state index in [1.54, 1.807) is 0 Å². The van der Waals surface area contributed by atoms with Crippen molar-refractivity contribution in [1.82, 2.24) is 0 Å². The SMILES string of the molecule is CCCCCCCCC[C@@H]1CC[C@H](CCCCC(=O)OC)O1. The van der Waals surface area contributed by atoms with E-state index in [2.05, 4.69) is 11.7 Å². The van der Waals surface area contributed by atoms with Crippen molar-refractivity contribution < 1.29 is 14.3 Å². The second-order valence-corrected chi connectivity index (χ2v) is 6.69. The van der Waals surface area contributed by atoms with Gasteiger partial charge in [-0.2, -0.15) is 0 Å². The Kier molecular flexibility index (Phi) is 11.4. The van der Waals surface area contributed by atoms with Gasteiger partial charge in [-0.3, -0.25) is 4.79 Å². The number of esters is 1. The van der Waals surface area contributed by atoms with Crippen LogP contribution in [0.4, 0.5) is 0 Å². The molecule has 130 valence electrons. The van der Waals surface area contributed by atoms with E-state index in [1.165, 1.54) is 71.3 Å². The van der Waals surface area contributed by atoms with E-state index < -0.39 is 0 Å². The van der Waals surface area contributed by atoms with Crippen LogP contribution in [0.2, 0.25) is 0 Å². The Bertz CT molecular complexity index is 278. The third kappa shape index (κ3) is 9.45. The summed E-state index contributed by atoms with van der Waals surface area (Å²) >= 11 is 0. The first-order valence-electron chi connectivity index (χ1n) is 9.48. The molecular formula is C19H36O3. The molecule has 3 heteroatoms. The van der Waals surface area contributed by atoms with Crippen LogP contribution < -0.4 is 0 Å². The molecule has 1 rings (SSSR count). The molecule has 0 N–H and O–H groups in total. The molecule has 1 aliphatic rings. The predicted octanol–water partition coefficient (Wildman–Crippen LogP) is 5.41. The average molecular weight is 312 g/mol. The molecule has 1 heterocycles. The first-order valence-corrected chi connectivity index (χ1v) is 9.48. The van der Waals surface area contributed by atoms with Crippen LogP contribution in [0.15, 0.2) is 0 Å². The van der Waals surface area contributed by atoms with Crippen LogP contribution in [0.5, 0.6) is 0 Å². The first-order chi connectivity index (χ1) is 10.8. The molecule has 0 saturated carbocycles.